The molecule has 0 spiro atoms. The Balaban J connectivity index is 1.47. The highest BCUT2D eigenvalue weighted by atomic mass is 32.2. The highest BCUT2D eigenvalue weighted by Crippen LogP contribution is 2.39. The van der Waals surface area contributed by atoms with Crippen LogP contribution in [0.25, 0.3) is 0 Å². The number of hydrogen-bond acceptors (Lipinski definition) is 6. The second-order valence-corrected chi connectivity index (χ2v) is 11.7. The van der Waals surface area contributed by atoms with E-state index >= 15 is 0 Å². The lowest BCUT2D eigenvalue weighted by Crippen LogP contribution is -2.43. The number of nitrogens with one attached hydrogen (secondary N) is 2. The molecule has 0 saturated carbocycles. The maximum atomic E-state index is 14.0. The van der Waals surface area contributed by atoms with Crippen LogP contribution < -0.4 is 20.4 Å². The van der Waals surface area contributed by atoms with Crippen LogP contribution >= 0.6 is 11.8 Å². The lowest BCUT2D eigenvalue weighted by atomic mass is 10.2. The summed E-state index contributed by atoms with van der Waals surface area (Å²) >= 11 is 1.79. The van der Waals surface area contributed by atoms with Crippen molar-refractivity contribution in [2.24, 2.45) is 0 Å². The normalized spacial score (nSPS) is 17.4. The number of benzene rings is 3. The molecule has 2 aliphatic heterocycles. The maximum Gasteiger partial charge on any atom is 0.0873 e. The molecule has 2 heterocycles. The Bertz CT molecular complexity index is 1200. The average molecular weight is 507 g/mol. The first-order valence-corrected chi connectivity index (χ1v) is 14.4. The fraction of sp³-hybridized carbons (Fsp3) is 0.357. The first-order valence-electron chi connectivity index (χ1n) is 12.4. The van der Waals surface area contributed by atoms with Crippen molar-refractivity contribution in [1.29, 1.82) is 0 Å². The molecule has 184 valence electrons. The predicted molar refractivity (Wildman–Crippen MR) is 148 cm³/mol. The summed E-state index contributed by atoms with van der Waals surface area (Å²) in [7, 11) is -1.25. The third kappa shape index (κ3) is 5.43. The van der Waals surface area contributed by atoms with E-state index in [1.165, 1.54) is 21.0 Å². The van der Waals surface area contributed by atoms with E-state index < -0.39 is 10.8 Å². The largest absolute Gasteiger partial charge is 0.368 e. The molecule has 0 aromatic heterocycles. The molecule has 3 aromatic rings. The topological polar surface area (TPSA) is 47.6 Å². The summed E-state index contributed by atoms with van der Waals surface area (Å²) in [6, 6.07) is 21.2. The number of anilines is 2. The molecule has 0 radical (unpaired) electrons. The van der Waals surface area contributed by atoms with Gasteiger partial charge in [-0.1, -0.05) is 42.1 Å². The quantitative estimate of drug-likeness (QED) is 0.516. The minimum Gasteiger partial charge on any atom is -0.368 e. The molecule has 35 heavy (non-hydrogen) atoms. The number of piperazine rings is 2. The molecule has 1 unspecified atom stereocenters. The molecule has 0 amide bonds. The molecular weight excluding hydrogens is 472 g/mol. The molecule has 0 bridgehead atoms. The van der Waals surface area contributed by atoms with Crippen LogP contribution in [0.5, 0.6) is 0 Å². The summed E-state index contributed by atoms with van der Waals surface area (Å²) in [5.41, 5.74) is 4.67. The lowest BCUT2D eigenvalue weighted by molar-refractivity contribution is 0.586. The first kappa shape index (κ1) is 24.4. The molecule has 3 aromatic carbocycles. The predicted octanol–water partition coefficient (Wildman–Crippen LogP) is 4.44. The van der Waals surface area contributed by atoms with Gasteiger partial charge in [0.2, 0.25) is 0 Å². The van der Waals surface area contributed by atoms with Crippen molar-refractivity contribution in [2.75, 3.05) is 62.2 Å². The molecule has 2 fully saturated rings. The van der Waals surface area contributed by atoms with Crippen LogP contribution in [0.15, 0.2) is 80.2 Å². The van der Waals surface area contributed by atoms with Crippen LogP contribution in [0.2, 0.25) is 0 Å². The summed E-state index contributed by atoms with van der Waals surface area (Å²) in [6.07, 6.45) is 0. The van der Waals surface area contributed by atoms with Gasteiger partial charge in [0, 0.05) is 67.0 Å². The molecule has 5 rings (SSSR count). The van der Waals surface area contributed by atoms with Crippen molar-refractivity contribution in [3.05, 3.63) is 71.8 Å². The third-order valence-electron chi connectivity index (χ3n) is 6.74. The van der Waals surface area contributed by atoms with Gasteiger partial charge >= 0.3 is 0 Å². The Morgan fingerprint density at radius 1 is 0.686 bits per heavy atom. The summed E-state index contributed by atoms with van der Waals surface area (Å²) in [6.45, 7) is 12.1. The standard InChI is InChI=1S/C28H34N4OS2/c1-21-19-22(2)28(35(33)27-10-6-4-8-24(27)32-17-13-30-14-18-32)20-26(21)34-25-9-5-3-7-23(25)31-15-11-29-12-16-31/h3-10,19-20,29-30H,11-18H2,1-2H3. The monoisotopic (exact) mass is 506 g/mol. The third-order valence-corrected chi connectivity index (χ3v) is 9.55. The van der Waals surface area contributed by atoms with Gasteiger partial charge in [-0.15, -0.1) is 0 Å². The van der Waals surface area contributed by atoms with Crippen LogP contribution in [0.3, 0.4) is 0 Å². The zero-order chi connectivity index (χ0) is 24.2. The Morgan fingerprint density at radius 2 is 1.26 bits per heavy atom. The van der Waals surface area contributed by atoms with Gasteiger partial charge < -0.3 is 20.4 Å². The van der Waals surface area contributed by atoms with Crippen molar-refractivity contribution in [3.63, 3.8) is 0 Å². The zero-order valence-corrected chi connectivity index (χ0v) is 22.2. The number of aryl methyl sites for hydroxylation is 2. The van der Waals surface area contributed by atoms with Crippen LogP contribution in [0.1, 0.15) is 11.1 Å². The van der Waals surface area contributed by atoms with Crippen molar-refractivity contribution in [3.8, 4) is 0 Å². The van der Waals surface area contributed by atoms with Crippen molar-refractivity contribution >= 4 is 33.9 Å². The van der Waals surface area contributed by atoms with E-state index in [2.05, 4.69) is 76.7 Å². The van der Waals surface area contributed by atoms with Crippen molar-refractivity contribution in [1.82, 2.24) is 10.6 Å². The second-order valence-electron chi connectivity index (χ2n) is 9.16. The van der Waals surface area contributed by atoms with Gasteiger partial charge in [-0.3, -0.25) is 0 Å². The van der Waals surface area contributed by atoms with Crippen LogP contribution in [-0.2, 0) is 10.8 Å². The number of para-hydroxylation sites is 2. The van der Waals surface area contributed by atoms with Crippen molar-refractivity contribution in [2.45, 2.75) is 33.4 Å². The Morgan fingerprint density at radius 3 is 1.94 bits per heavy atom. The van der Waals surface area contributed by atoms with E-state index in [0.29, 0.717) is 0 Å². The molecule has 7 heteroatoms. The van der Waals surface area contributed by atoms with Crippen LogP contribution in [0, 0.1) is 13.8 Å². The lowest BCUT2D eigenvalue weighted by Gasteiger charge is -2.31. The SMILES string of the molecule is Cc1cc(C)c(S(=O)c2ccccc2N2CCNCC2)cc1Sc1ccccc1N1CCNCC1. The van der Waals surface area contributed by atoms with E-state index in [4.69, 9.17) is 0 Å². The highest BCUT2D eigenvalue weighted by molar-refractivity contribution is 7.99. The molecule has 0 aliphatic carbocycles. The highest BCUT2D eigenvalue weighted by Gasteiger charge is 2.21. The first-order chi connectivity index (χ1) is 17.1. The average Bonchev–Trinajstić information content (AvgIpc) is 2.91. The fourth-order valence-corrected chi connectivity index (χ4v) is 7.41. The fourth-order valence-electron chi connectivity index (χ4n) is 4.85. The number of rotatable bonds is 6. The summed E-state index contributed by atoms with van der Waals surface area (Å²) in [4.78, 5) is 9.04. The molecule has 1 atom stereocenters. The number of hydrogen-bond donors (Lipinski definition) is 2. The molecule has 2 N–H and O–H groups in total. The zero-order valence-electron chi connectivity index (χ0n) is 20.5. The minimum absolute atomic E-state index is 0.901. The Hall–Kier alpha value is -2.32. The summed E-state index contributed by atoms with van der Waals surface area (Å²) in [5.74, 6) is 0. The van der Waals surface area contributed by atoms with Gasteiger partial charge in [-0.25, -0.2) is 4.21 Å². The van der Waals surface area contributed by atoms with Crippen LogP contribution in [-0.4, -0.2) is 56.6 Å². The van der Waals surface area contributed by atoms with Gasteiger partial charge in [0.1, 0.15) is 0 Å². The van der Waals surface area contributed by atoms with E-state index in [9.17, 15) is 4.21 Å². The van der Waals surface area contributed by atoms with Crippen molar-refractivity contribution < 1.29 is 4.21 Å². The smallest absolute Gasteiger partial charge is 0.0873 e. The van der Waals surface area contributed by atoms with Gasteiger partial charge in [-0.2, -0.15) is 0 Å². The molecule has 2 aliphatic rings. The molecule has 2 saturated heterocycles. The minimum atomic E-state index is -1.25. The van der Waals surface area contributed by atoms with Gasteiger partial charge in [0.25, 0.3) is 0 Å². The Labute approximate surface area is 215 Å². The van der Waals surface area contributed by atoms with Crippen LogP contribution in [0.4, 0.5) is 11.4 Å². The van der Waals surface area contributed by atoms with Gasteiger partial charge in [-0.05, 0) is 55.3 Å². The molecule has 5 nitrogen and oxygen atoms in total. The number of nitrogens with zero attached hydrogens (tertiary/aromatic N) is 2. The van der Waals surface area contributed by atoms with E-state index in [1.54, 1.807) is 11.8 Å². The van der Waals surface area contributed by atoms with E-state index in [-0.39, 0.29) is 0 Å². The summed E-state index contributed by atoms with van der Waals surface area (Å²) < 4.78 is 14.0. The molecular formula is C28H34N4OS2. The van der Waals surface area contributed by atoms with Gasteiger partial charge in [0.15, 0.2) is 0 Å². The van der Waals surface area contributed by atoms with E-state index in [1.807, 2.05) is 18.2 Å². The van der Waals surface area contributed by atoms with E-state index in [0.717, 1.165) is 73.4 Å². The Kier molecular flexibility index (Phi) is 7.78. The second kappa shape index (κ2) is 11.2. The van der Waals surface area contributed by atoms with Gasteiger partial charge in [0.05, 0.1) is 27.1 Å². The maximum absolute atomic E-state index is 14.0. The summed E-state index contributed by atoms with van der Waals surface area (Å²) in [5, 5.41) is 6.86.